The lowest BCUT2D eigenvalue weighted by Crippen LogP contribution is -2.63. The Balaban J connectivity index is 1.23. The molecule has 66 heavy (non-hydrogen) atoms. The topological polar surface area (TPSA) is 187 Å². The Kier molecular flexibility index (Phi) is 14.2. The second-order valence-corrected chi connectivity index (χ2v) is 27.2. The number of ether oxygens (including phenoxy) is 10. The smallest absolute Gasteiger partial charge is 0.303 e. The standard InChI is InChI=1S/C49H76O16Si/c1-24-38(57-26(3)50)40(59-28(5)52)42(61-30(7)54)44(55-24)62-36-23-32-33-16-17-37(49(13)63-43-41(60-29(6)53)39(58-27(4)51)25(2)56-45(43)64-49)48(33,12)21-19-34(32)47(11)20-18-31(22-35(36)47)65-66(14,15)46(8,9)10/h19,24-25,31-33,35-45H,16-18,20-23H2,1-15H3/t24-,25-,31+,32+,33+,35-,36+,37+,38-,39-,40+,41+,42-,43-,44+,45-,47-,48+,49?/m1/s1. The molecule has 6 fully saturated rings. The largest absolute Gasteiger partial charge is 0.456 e. The molecule has 3 saturated carbocycles. The van der Waals surface area contributed by atoms with Gasteiger partial charge in [-0.05, 0) is 112 Å². The van der Waals surface area contributed by atoms with E-state index < -0.39 is 111 Å². The number of fused-ring (bicyclic) bond motifs is 6. The average molecular weight is 949 g/mol. The zero-order valence-corrected chi connectivity index (χ0v) is 42.8. The van der Waals surface area contributed by atoms with Gasteiger partial charge in [0.05, 0.1) is 18.3 Å². The van der Waals surface area contributed by atoms with Crippen molar-refractivity contribution in [2.75, 3.05) is 0 Å². The van der Waals surface area contributed by atoms with E-state index in [9.17, 15) is 24.0 Å². The molecule has 0 aromatic rings. The van der Waals surface area contributed by atoms with Gasteiger partial charge in [-0.2, -0.15) is 0 Å². The van der Waals surface area contributed by atoms with Gasteiger partial charge in [0.2, 0.25) is 0 Å². The van der Waals surface area contributed by atoms with Crippen LogP contribution in [0.3, 0.4) is 0 Å². The van der Waals surface area contributed by atoms with Crippen LogP contribution in [0.5, 0.6) is 0 Å². The molecular weight excluding hydrogens is 873 g/mol. The van der Waals surface area contributed by atoms with Gasteiger partial charge in [0.1, 0.15) is 0 Å². The molecule has 372 valence electrons. The fraction of sp³-hybridized carbons (Fsp3) is 0.857. The Morgan fingerprint density at radius 1 is 0.682 bits per heavy atom. The molecule has 1 unspecified atom stereocenters. The van der Waals surface area contributed by atoms with Crippen LogP contribution in [0, 0.1) is 34.5 Å². The van der Waals surface area contributed by atoms with Crippen LogP contribution < -0.4 is 0 Å². The maximum atomic E-state index is 12.8. The summed E-state index contributed by atoms with van der Waals surface area (Å²) in [4.78, 5) is 62.3. The lowest BCUT2D eigenvalue weighted by molar-refractivity contribution is -0.320. The van der Waals surface area contributed by atoms with Crippen molar-refractivity contribution >= 4 is 38.2 Å². The second-order valence-electron chi connectivity index (χ2n) is 22.4. The number of allylic oxidation sites excluding steroid dienone is 2. The van der Waals surface area contributed by atoms with Crippen molar-refractivity contribution in [1.82, 2.24) is 0 Å². The van der Waals surface area contributed by atoms with Gasteiger partial charge in [0.25, 0.3) is 0 Å². The van der Waals surface area contributed by atoms with Gasteiger partial charge in [-0.25, -0.2) is 0 Å². The fourth-order valence-electron chi connectivity index (χ4n) is 13.0. The van der Waals surface area contributed by atoms with Gasteiger partial charge in [0.15, 0.2) is 63.3 Å². The summed E-state index contributed by atoms with van der Waals surface area (Å²) in [5, 5.41) is 0.0150. The second kappa shape index (κ2) is 18.4. The van der Waals surface area contributed by atoms with Crippen LogP contribution >= 0.6 is 0 Å². The van der Waals surface area contributed by atoms with Gasteiger partial charge in [0, 0.05) is 46.6 Å². The minimum absolute atomic E-state index is 0.00927. The summed E-state index contributed by atoms with van der Waals surface area (Å²) in [6, 6.07) is 0. The van der Waals surface area contributed by atoms with Crippen LogP contribution in [0.25, 0.3) is 0 Å². The van der Waals surface area contributed by atoms with E-state index in [0.29, 0.717) is 6.42 Å². The summed E-state index contributed by atoms with van der Waals surface area (Å²) in [7, 11) is -2.16. The van der Waals surface area contributed by atoms with Crippen molar-refractivity contribution in [3.8, 4) is 0 Å². The van der Waals surface area contributed by atoms with Gasteiger partial charge in [-0.3, -0.25) is 24.0 Å². The Hall–Kier alpha value is -2.93. The molecule has 16 nitrogen and oxygen atoms in total. The highest BCUT2D eigenvalue weighted by Crippen LogP contribution is 2.68. The lowest BCUT2D eigenvalue weighted by atomic mass is 9.47. The molecule has 3 saturated heterocycles. The summed E-state index contributed by atoms with van der Waals surface area (Å²) >= 11 is 0. The van der Waals surface area contributed by atoms with Crippen LogP contribution in [0.4, 0.5) is 0 Å². The number of carbonyl (C=O) groups is 5. The molecule has 3 heterocycles. The first-order valence-electron chi connectivity index (χ1n) is 24.1. The quantitative estimate of drug-likeness (QED) is 0.0923. The predicted molar refractivity (Wildman–Crippen MR) is 238 cm³/mol. The highest BCUT2D eigenvalue weighted by Gasteiger charge is 2.67. The van der Waals surface area contributed by atoms with Crippen LogP contribution in [0.1, 0.15) is 135 Å². The number of rotatable bonds is 10. The van der Waals surface area contributed by atoms with Crippen molar-refractivity contribution in [1.29, 1.82) is 0 Å². The van der Waals surface area contributed by atoms with E-state index >= 15 is 0 Å². The van der Waals surface area contributed by atoms with Gasteiger partial charge in [-0.1, -0.05) is 46.3 Å². The summed E-state index contributed by atoms with van der Waals surface area (Å²) < 4.78 is 69.7. The lowest BCUT2D eigenvalue weighted by Gasteiger charge is -2.60. The van der Waals surface area contributed by atoms with E-state index in [1.165, 1.54) is 40.2 Å². The van der Waals surface area contributed by atoms with Crippen molar-refractivity contribution in [3.05, 3.63) is 11.6 Å². The molecule has 0 radical (unpaired) electrons. The number of esters is 5. The van der Waals surface area contributed by atoms with Crippen molar-refractivity contribution in [3.63, 3.8) is 0 Å². The molecule has 4 aliphatic carbocycles. The van der Waals surface area contributed by atoms with Crippen LogP contribution in [0.15, 0.2) is 11.6 Å². The van der Waals surface area contributed by atoms with Gasteiger partial charge in [-0.15, -0.1) is 0 Å². The molecule has 0 spiro atoms. The monoisotopic (exact) mass is 948 g/mol. The Morgan fingerprint density at radius 2 is 1.23 bits per heavy atom. The Bertz CT molecular complexity index is 1910. The zero-order chi connectivity index (χ0) is 48.6. The zero-order valence-electron chi connectivity index (χ0n) is 41.8. The normalized spacial score (nSPS) is 44.3. The number of hydrogen-bond donors (Lipinski definition) is 0. The van der Waals surface area contributed by atoms with E-state index in [0.717, 1.165) is 38.5 Å². The van der Waals surface area contributed by atoms with E-state index in [4.69, 9.17) is 51.8 Å². The molecule has 0 amide bonds. The van der Waals surface area contributed by atoms with E-state index in [2.05, 4.69) is 53.8 Å². The minimum Gasteiger partial charge on any atom is -0.456 e. The summed E-state index contributed by atoms with van der Waals surface area (Å²) in [5.74, 6) is -3.86. The SMILES string of the molecule is CC(=O)O[C@@H]1[C@@H](OC(C)=O)[C@H](O[C@H]2C[C@@H]3C(=CC[C@]4(C)[C@@H](C5(C)O[C@H]6O[C@H](C)[C@@H](OC(C)=O)[C@H](OC(C)=O)[C@H]6O5)CC[C@@H]34)[C@@]3(C)CC[C@H](O[Si](C)(C)C(C)(C)C)C[C@H]23)O[C@H](C)[C@H]1OC(C)=O. The molecule has 7 rings (SSSR count). The molecule has 0 N–H and O–H groups in total. The fourth-order valence-corrected chi connectivity index (χ4v) is 14.4. The van der Waals surface area contributed by atoms with Crippen molar-refractivity contribution < 1.29 is 75.8 Å². The third-order valence-electron chi connectivity index (χ3n) is 16.9. The highest BCUT2D eigenvalue weighted by atomic mass is 28.4. The maximum absolute atomic E-state index is 12.8. The number of carbonyl (C=O) groups excluding carboxylic acids is 5. The first-order chi connectivity index (χ1) is 30.6. The van der Waals surface area contributed by atoms with E-state index in [1.54, 1.807) is 13.8 Å². The van der Waals surface area contributed by atoms with Crippen LogP contribution in [0.2, 0.25) is 18.1 Å². The van der Waals surface area contributed by atoms with E-state index in [1.807, 2.05) is 6.92 Å². The first kappa shape index (κ1) is 50.9. The van der Waals surface area contributed by atoms with E-state index in [-0.39, 0.29) is 45.6 Å². The summed E-state index contributed by atoms with van der Waals surface area (Å²) in [6.07, 6.45) is -1.78. The molecule has 17 heteroatoms. The maximum Gasteiger partial charge on any atom is 0.303 e. The first-order valence-corrected chi connectivity index (χ1v) is 27.1. The van der Waals surface area contributed by atoms with Gasteiger partial charge < -0.3 is 51.8 Å². The van der Waals surface area contributed by atoms with Crippen LogP contribution in [-0.2, 0) is 75.8 Å². The molecule has 0 aromatic heterocycles. The predicted octanol–water partition coefficient (Wildman–Crippen LogP) is 7.23. The third-order valence-corrected chi connectivity index (χ3v) is 21.4. The average Bonchev–Trinajstić information content (AvgIpc) is 3.72. The molecular formula is C49H76O16Si. The highest BCUT2D eigenvalue weighted by molar-refractivity contribution is 6.74. The van der Waals surface area contributed by atoms with Gasteiger partial charge >= 0.3 is 29.8 Å². The molecule has 19 atom stereocenters. The molecule has 0 aromatic carbocycles. The Morgan fingerprint density at radius 3 is 1.82 bits per heavy atom. The van der Waals surface area contributed by atoms with Crippen molar-refractivity contribution in [2.45, 2.75) is 232 Å². The molecule has 7 aliphatic rings. The molecule has 0 bridgehead atoms. The van der Waals surface area contributed by atoms with Crippen molar-refractivity contribution in [2.24, 2.45) is 34.5 Å². The minimum atomic E-state index is -2.16. The third kappa shape index (κ3) is 9.53. The summed E-state index contributed by atoms with van der Waals surface area (Å²) in [5.41, 5.74) is 0.851. The van der Waals surface area contributed by atoms with Crippen LogP contribution in [-0.4, -0.2) is 118 Å². The number of hydrogen-bond acceptors (Lipinski definition) is 16. The summed E-state index contributed by atoms with van der Waals surface area (Å²) in [6.45, 7) is 27.9. The Labute approximate surface area is 391 Å². The molecule has 3 aliphatic heterocycles.